The zero-order chi connectivity index (χ0) is 18.3. The largest absolute Gasteiger partial charge is 0.365 e. The third-order valence-corrected chi connectivity index (χ3v) is 6.54. The molecule has 2 heterocycles. The van der Waals surface area contributed by atoms with E-state index in [9.17, 15) is 9.59 Å². The summed E-state index contributed by atoms with van der Waals surface area (Å²) in [5.41, 5.74) is 9.58. The predicted octanol–water partition coefficient (Wildman–Crippen LogP) is 3.12. The van der Waals surface area contributed by atoms with Crippen molar-refractivity contribution >= 4 is 33.8 Å². The summed E-state index contributed by atoms with van der Waals surface area (Å²) in [7, 11) is 0. The van der Waals surface area contributed by atoms with Crippen molar-refractivity contribution in [1.82, 2.24) is 0 Å². The van der Waals surface area contributed by atoms with Crippen molar-refractivity contribution in [2.45, 2.75) is 45.1 Å². The lowest BCUT2D eigenvalue weighted by atomic mass is 9.95. The van der Waals surface area contributed by atoms with Crippen LogP contribution in [0, 0.1) is 0 Å². The van der Waals surface area contributed by atoms with E-state index in [4.69, 9.17) is 5.73 Å². The quantitative estimate of drug-likeness (QED) is 0.869. The number of carbonyl (C=O) groups is 2. The van der Waals surface area contributed by atoms with Crippen LogP contribution < -0.4 is 16.0 Å². The summed E-state index contributed by atoms with van der Waals surface area (Å²) < 4.78 is 0. The van der Waals surface area contributed by atoms with E-state index in [0.717, 1.165) is 43.4 Å². The van der Waals surface area contributed by atoms with Crippen molar-refractivity contribution < 1.29 is 9.59 Å². The lowest BCUT2D eigenvalue weighted by Gasteiger charge is -2.24. The molecule has 26 heavy (non-hydrogen) atoms. The van der Waals surface area contributed by atoms with Crippen LogP contribution in [-0.2, 0) is 24.1 Å². The lowest BCUT2D eigenvalue weighted by molar-refractivity contribution is -0.115. The Morgan fingerprint density at radius 1 is 1.27 bits per heavy atom. The number of nitrogens with one attached hydrogen (secondary N) is 1. The minimum Gasteiger partial charge on any atom is -0.365 e. The van der Waals surface area contributed by atoms with Gasteiger partial charge in [0.2, 0.25) is 5.91 Å². The number of hydrogen-bond donors (Lipinski definition) is 2. The van der Waals surface area contributed by atoms with Crippen molar-refractivity contribution in [3.8, 4) is 0 Å². The molecule has 6 heteroatoms. The summed E-state index contributed by atoms with van der Waals surface area (Å²) in [5, 5.41) is 3.58. The van der Waals surface area contributed by atoms with E-state index in [0.29, 0.717) is 10.6 Å². The summed E-state index contributed by atoms with van der Waals surface area (Å²) in [6.45, 7) is 2.41. The van der Waals surface area contributed by atoms with E-state index in [1.54, 1.807) is 0 Å². The van der Waals surface area contributed by atoms with Crippen LogP contribution in [0.15, 0.2) is 24.3 Å². The average Bonchev–Trinajstić information content (AvgIpc) is 3.12. The summed E-state index contributed by atoms with van der Waals surface area (Å²) in [6.07, 6.45) is 4.98. The number of carbonyl (C=O) groups excluding carboxylic acids is 2. The van der Waals surface area contributed by atoms with Gasteiger partial charge in [0.1, 0.15) is 5.00 Å². The molecule has 1 aromatic carbocycles. The Balaban J connectivity index is 1.54. The first kappa shape index (κ1) is 17.1. The number of benzene rings is 1. The van der Waals surface area contributed by atoms with Gasteiger partial charge in [-0.25, -0.2) is 0 Å². The molecule has 1 aliphatic carbocycles. The maximum Gasteiger partial charge on any atom is 0.251 e. The monoisotopic (exact) mass is 369 g/mol. The molecule has 0 radical (unpaired) electrons. The second-order valence-corrected chi connectivity index (χ2v) is 8.24. The number of nitrogens with two attached hydrogens (primary N) is 1. The topological polar surface area (TPSA) is 75.4 Å². The highest BCUT2D eigenvalue weighted by Crippen LogP contribution is 2.38. The number of thiophene rings is 1. The van der Waals surface area contributed by atoms with E-state index in [1.165, 1.54) is 21.8 Å². The van der Waals surface area contributed by atoms with Gasteiger partial charge in [-0.3, -0.25) is 9.59 Å². The van der Waals surface area contributed by atoms with E-state index in [2.05, 4.69) is 29.3 Å². The first-order valence-electron chi connectivity index (χ1n) is 9.13. The predicted molar refractivity (Wildman–Crippen MR) is 105 cm³/mol. The summed E-state index contributed by atoms with van der Waals surface area (Å²) in [6, 6.07) is 8.49. The maximum atomic E-state index is 12.7. The molecule has 1 atom stereocenters. The van der Waals surface area contributed by atoms with Gasteiger partial charge in [-0.05, 0) is 56.2 Å². The van der Waals surface area contributed by atoms with Crippen LogP contribution in [0.25, 0.3) is 0 Å². The molecule has 1 aromatic heterocycles. The number of nitrogens with zero attached hydrogens (tertiary/aromatic N) is 1. The Morgan fingerprint density at radius 2 is 2.04 bits per heavy atom. The zero-order valence-electron chi connectivity index (χ0n) is 14.9. The Hall–Kier alpha value is -2.34. The highest BCUT2D eigenvalue weighted by molar-refractivity contribution is 7.17. The molecule has 0 saturated heterocycles. The second kappa shape index (κ2) is 6.76. The fourth-order valence-electron chi connectivity index (χ4n) is 4.11. The van der Waals surface area contributed by atoms with Crippen LogP contribution in [0.1, 0.15) is 46.1 Å². The van der Waals surface area contributed by atoms with Gasteiger partial charge in [-0.1, -0.05) is 18.2 Å². The number of hydrogen-bond acceptors (Lipinski definition) is 4. The molecule has 0 spiro atoms. The van der Waals surface area contributed by atoms with E-state index < -0.39 is 5.91 Å². The van der Waals surface area contributed by atoms with Crippen molar-refractivity contribution in [3.63, 3.8) is 0 Å². The maximum absolute atomic E-state index is 12.7. The average molecular weight is 369 g/mol. The van der Waals surface area contributed by atoms with Crippen LogP contribution in [0.4, 0.5) is 10.7 Å². The molecular weight excluding hydrogens is 346 g/mol. The molecule has 3 N–H and O–H groups in total. The number of amides is 2. The summed E-state index contributed by atoms with van der Waals surface area (Å²) >= 11 is 1.51. The van der Waals surface area contributed by atoms with Crippen LogP contribution >= 0.6 is 11.3 Å². The Labute approximate surface area is 157 Å². The normalized spacial score (nSPS) is 18.3. The molecule has 2 amide bonds. The summed E-state index contributed by atoms with van der Waals surface area (Å²) in [4.78, 5) is 28.0. The molecule has 136 valence electrons. The fraction of sp³-hybridized carbons (Fsp3) is 0.400. The highest BCUT2D eigenvalue weighted by Gasteiger charge is 2.29. The molecular formula is C20H23N3O2S. The van der Waals surface area contributed by atoms with Crippen LogP contribution in [-0.4, -0.2) is 24.4 Å². The van der Waals surface area contributed by atoms with Crippen LogP contribution in [0.5, 0.6) is 0 Å². The van der Waals surface area contributed by atoms with Gasteiger partial charge in [0.25, 0.3) is 5.91 Å². The minimum atomic E-state index is -0.445. The number of fused-ring (bicyclic) bond motifs is 2. The Bertz CT molecular complexity index is 874. The molecule has 0 unspecified atom stereocenters. The summed E-state index contributed by atoms with van der Waals surface area (Å²) in [5.74, 6) is -0.547. The van der Waals surface area contributed by atoms with Crippen LogP contribution in [0.3, 0.4) is 0 Å². The smallest absolute Gasteiger partial charge is 0.251 e. The number of anilines is 2. The molecule has 4 rings (SSSR count). The van der Waals surface area contributed by atoms with Crippen molar-refractivity contribution in [3.05, 3.63) is 45.8 Å². The molecule has 0 bridgehead atoms. The Morgan fingerprint density at radius 3 is 2.85 bits per heavy atom. The zero-order valence-corrected chi connectivity index (χ0v) is 15.7. The van der Waals surface area contributed by atoms with Gasteiger partial charge in [-0.2, -0.15) is 0 Å². The third-order valence-electron chi connectivity index (χ3n) is 5.33. The van der Waals surface area contributed by atoms with E-state index >= 15 is 0 Å². The number of primary amides is 1. The number of rotatable bonds is 4. The first-order valence-corrected chi connectivity index (χ1v) is 9.95. The van der Waals surface area contributed by atoms with E-state index in [1.807, 2.05) is 12.1 Å². The molecule has 0 saturated carbocycles. The molecule has 1 aliphatic heterocycles. The SMILES string of the molecule is C[C@H]1Cc2ccccc2N1CC(=O)Nc1sc2c(c1C(N)=O)CCCC2. The van der Waals surface area contributed by atoms with Gasteiger partial charge in [-0.15, -0.1) is 11.3 Å². The van der Waals surface area contributed by atoms with Gasteiger partial charge in [0.05, 0.1) is 12.1 Å². The number of para-hydroxylation sites is 1. The highest BCUT2D eigenvalue weighted by atomic mass is 32.1. The van der Waals surface area contributed by atoms with Gasteiger partial charge in [0, 0.05) is 16.6 Å². The first-order chi connectivity index (χ1) is 12.5. The standard InChI is InChI=1S/C20H23N3O2S/c1-12-10-13-6-2-4-8-15(13)23(12)11-17(24)22-20-18(19(21)25)14-7-3-5-9-16(14)26-20/h2,4,6,8,12H,3,5,7,9-11H2,1H3,(H2,21,25)(H,22,24)/t12-/m0/s1. The van der Waals surface area contributed by atoms with Crippen LogP contribution in [0.2, 0.25) is 0 Å². The minimum absolute atomic E-state index is 0.102. The van der Waals surface area contributed by atoms with Gasteiger partial charge < -0.3 is 16.0 Å². The van der Waals surface area contributed by atoms with Gasteiger partial charge >= 0.3 is 0 Å². The lowest BCUT2D eigenvalue weighted by Crippen LogP contribution is -2.37. The van der Waals surface area contributed by atoms with Crippen molar-refractivity contribution in [2.24, 2.45) is 5.73 Å². The molecule has 2 aliphatic rings. The van der Waals surface area contributed by atoms with Crippen molar-refractivity contribution in [1.29, 1.82) is 0 Å². The second-order valence-electron chi connectivity index (χ2n) is 7.14. The fourth-order valence-corrected chi connectivity index (χ4v) is 5.42. The molecule has 5 nitrogen and oxygen atoms in total. The molecule has 0 fully saturated rings. The Kier molecular flexibility index (Phi) is 4.44. The third kappa shape index (κ3) is 2.98. The van der Waals surface area contributed by atoms with E-state index in [-0.39, 0.29) is 18.5 Å². The molecule has 2 aromatic rings. The van der Waals surface area contributed by atoms with Gasteiger partial charge in [0.15, 0.2) is 0 Å². The van der Waals surface area contributed by atoms with Crippen molar-refractivity contribution in [2.75, 3.05) is 16.8 Å². The number of aryl methyl sites for hydroxylation is 1.